The van der Waals surface area contributed by atoms with Gasteiger partial charge in [0.2, 0.25) is 5.91 Å². The fourth-order valence-electron chi connectivity index (χ4n) is 3.08. The lowest BCUT2D eigenvalue weighted by Crippen LogP contribution is -2.41. The van der Waals surface area contributed by atoms with E-state index >= 15 is 0 Å². The van der Waals surface area contributed by atoms with Crippen molar-refractivity contribution in [1.29, 1.82) is 0 Å². The van der Waals surface area contributed by atoms with Crippen molar-refractivity contribution in [3.05, 3.63) is 0 Å². The first-order valence-electron chi connectivity index (χ1n) is 6.67. The number of rotatable bonds is 3. The van der Waals surface area contributed by atoms with Crippen molar-refractivity contribution in [3.63, 3.8) is 0 Å². The van der Waals surface area contributed by atoms with E-state index in [1.54, 1.807) is 0 Å². The molecule has 1 N–H and O–H groups in total. The van der Waals surface area contributed by atoms with Crippen LogP contribution in [0.25, 0.3) is 0 Å². The van der Waals surface area contributed by atoms with Crippen LogP contribution in [0.1, 0.15) is 51.4 Å². The predicted molar refractivity (Wildman–Crippen MR) is 66.6 cm³/mol. The number of carbonyl (C=O) groups is 1. The molecule has 2 fully saturated rings. The van der Waals surface area contributed by atoms with Gasteiger partial charge in [0.05, 0.1) is 0 Å². The molecule has 0 heterocycles. The van der Waals surface area contributed by atoms with Gasteiger partial charge in [-0.1, -0.05) is 25.7 Å². The molecule has 0 bridgehead atoms. The van der Waals surface area contributed by atoms with E-state index in [1.165, 1.54) is 32.1 Å². The van der Waals surface area contributed by atoms with E-state index in [-0.39, 0.29) is 5.92 Å². The molecule has 0 spiro atoms. The van der Waals surface area contributed by atoms with Gasteiger partial charge < -0.3 is 5.32 Å². The zero-order valence-electron chi connectivity index (χ0n) is 9.88. The van der Waals surface area contributed by atoms with Gasteiger partial charge in [0, 0.05) is 17.8 Å². The van der Waals surface area contributed by atoms with Crippen molar-refractivity contribution in [2.45, 2.75) is 57.4 Å². The number of alkyl halides is 1. The number of hydrogen-bond acceptors (Lipinski definition) is 1. The third-order valence-electron chi connectivity index (χ3n) is 4.16. The maximum absolute atomic E-state index is 12.1. The normalized spacial score (nSPS) is 31.6. The smallest absolute Gasteiger partial charge is 0.223 e. The van der Waals surface area contributed by atoms with Gasteiger partial charge in [-0.2, -0.15) is 0 Å². The topological polar surface area (TPSA) is 29.1 Å². The molecule has 2 nitrogen and oxygen atoms in total. The lowest BCUT2D eigenvalue weighted by atomic mass is 9.88. The van der Waals surface area contributed by atoms with Gasteiger partial charge in [0.25, 0.3) is 0 Å². The monoisotopic (exact) mass is 243 g/mol. The van der Waals surface area contributed by atoms with E-state index < -0.39 is 0 Å². The molecular weight excluding hydrogens is 222 g/mol. The molecule has 0 saturated heterocycles. The Hall–Kier alpha value is -0.240. The minimum absolute atomic E-state index is 0.283. The number of hydrogen-bond donors (Lipinski definition) is 1. The first-order chi connectivity index (χ1) is 7.81. The summed E-state index contributed by atoms with van der Waals surface area (Å²) in [7, 11) is 0. The number of carbonyl (C=O) groups excluding carboxylic acids is 1. The molecular formula is C13H22ClNO. The highest BCUT2D eigenvalue weighted by molar-refractivity contribution is 6.18. The minimum atomic E-state index is 0.283. The maximum Gasteiger partial charge on any atom is 0.223 e. The second-order valence-electron chi connectivity index (χ2n) is 5.30. The van der Waals surface area contributed by atoms with Crippen LogP contribution in [0.3, 0.4) is 0 Å². The van der Waals surface area contributed by atoms with Crippen LogP contribution >= 0.6 is 11.6 Å². The summed E-state index contributed by atoms with van der Waals surface area (Å²) in [5.41, 5.74) is 0. The van der Waals surface area contributed by atoms with Gasteiger partial charge in [0.1, 0.15) is 0 Å². The van der Waals surface area contributed by atoms with Crippen LogP contribution < -0.4 is 5.32 Å². The van der Waals surface area contributed by atoms with Gasteiger partial charge in [-0.3, -0.25) is 4.79 Å². The summed E-state index contributed by atoms with van der Waals surface area (Å²) < 4.78 is 0. The third kappa shape index (κ3) is 2.91. The zero-order chi connectivity index (χ0) is 11.4. The summed E-state index contributed by atoms with van der Waals surface area (Å²) in [5.74, 6) is 1.77. The van der Waals surface area contributed by atoms with Gasteiger partial charge in [0.15, 0.2) is 0 Å². The first kappa shape index (κ1) is 12.2. The van der Waals surface area contributed by atoms with Crippen molar-refractivity contribution in [2.75, 3.05) is 5.88 Å². The Morgan fingerprint density at radius 1 is 1.06 bits per heavy atom. The van der Waals surface area contributed by atoms with Crippen LogP contribution in [0.2, 0.25) is 0 Å². The van der Waals surface area contributed by atoms with Crippen molar-refractivity contribution < 1.29 is 4.79 Å². The second kappa shape index (κ2) is 5.90. The number of amides is 1. The molecule has 0 aliphatic heterocycles. The molecule has 2 aliphatic carbocycles. The van der Waals surface area contributed by atoms with Crippen LogP contribution in [-0.2, 0) is 4.79 Å². The van der Waals surface area contributed by atoms with Crippen LogP contribution in [-0.4, -0.2) is 17.8 Å². The summed E-state index contributed by atoms with van der Waals surface area (Å²) in [5, 5.41) is 3.23. The largest absolute Gasteiger partial charge is 0.353 e. The highest BCUT2D eigenvalue weighted by Crippen LogP contribution is 2.28. The zero-order valence-corrected chi connectivity index (χ0v) is 10.6. The van der Waals surface area contributed by atoms with E-state index in [4.69, 9.17) is 11.6 Å². The first-order valence-corrected chi connectivity index (χ1v) is 7.21. The minimum Gasteiger partial charge on any atom is -0.353 e. The van der Waals surface area contributed by atoms with Crippen molar-refractivity contribution in [2.24, 2.45) is 11.8 Å². The Bertz CT molecular complexity index is 238. The summed E-state index contributed by atoms with van der Waals surface area (Å²) in [6.45, 7) is 0. The highest BCUT2D eigenvalue weighted by atomic mass is 35.5. The standard InChI is InChI=1S/C13H22ClNO/c14-9-11-7-4-8-12(11)15-13(16)10-5-2-1-3-6-10/h10-12H,1-9H2,(H,15,16). The van der Waals surface area contributed by atoms with Crippen LogP contribution in [0.5, 0.6) is 0 Å². The van der Waals surface area contributed by atoms with Gasteiger partial charge in [-0.05, 0) is 31.6 Å². The molecule has 16 heavy (non-hydrogen) atoms. The van der Waals surface area contributed by atoms with Crippen LogP contribution in [0.15, 0.2) is 0 Å². The van der Waals surface area contributed by atoms with Crippen molar-refractivity contribution >= 4 is 17.5 Å². The quantitative estimate of drug-likeness (QED) is 0.759. The molecule has 2 unspecified atom stereocenters. The highest BCUT2D eigenvalue weighted by Gasteiger charge is 2.30. The molecule has 2 saturated carbocycles. The summed E-state index contributed by atoms with van der Waals surface area (Å²) >= 11 is 5.92. The molecule has 3 heteroatoms. The molecule has 0 aromatic rings. The summed E-state index contributed by atoms with van der Waals surface area (Å²) in [6.07, 6.45) is 9.44. The molecule has 0 aromatic heterocycles. The van der Waals surface area contributed by atoms with E-state index in [2.05, 4.69) is 5.32 Å². The Kier molecular flexibility index (Phi) is 4.51. The molecule has 2 atom stereocenters. The average Bonchev–Trinajstić information content (AvgIpc) is 2.77. The third-order valence-corrected chi connectivity index (χ3v) is 4.56. The molecule has 0 aromatic carbocycles. The predicted octanol–water partition coefficient (Wildman–Crippen LogP) is 3.09. The Morgan fingerprint density at radius 3 is 2.50 bits per heavy atom. The fourth-order valence-corrected chi connectivity index (χ4v) is 3.45. The van der Waals surface area contributed by atoms with Crippen molar-refractivity contribution in [3.8, 4) is 0 Å². The molecule has 1 amide bonds. The Morgan fingerprint density at radius 2 is 1.81 bits per heavy atom. The molecule has 0 radical (unpaired) electrons. The SMILES string of the molecule is O=C(NC1CCCC1CCl)C1CCCCC1. The van der Waals surface area contributed by atoms with Crippen LogP contribution in [0.4, 0.5) is 0 Å². The van der Waals surface area contributed by atoms with E-state index in [1.807, 2.05) is 0 Å². The van der Waals surface area contributed by atoms with E-state index in [0.717, 1.165) is 19.3 Å². The average molecular weight is 244 g/mol. The fraction of sp³-hybridized carbons (Fsp3) is 0.923. The number of halogens is 1. The van der Waals surface area contributed by atoms with Gasteiger partial charge in [-0.25, -0.2) is 0 Å². The summed E-state index contributed by atoms with van der Waals surface area (Å²) in [6, 6.07) is 0.354. The Labute approximate surface area is 103 Å². The maximum atomic E-state index is 12.1. The second-order valence-corrected chi connectivity index (χ2v) is 5.60. The molecule has 92 valence electrons. The molecule has 2 rings (SSSR count). The molecule has 2 aliphatic rings. The van der Waals surface area contributed by atoms with Crippen molar-refractivity contribution in [1.82, 2.24) is 5.32 Å². The Balaban J connectivity index is 1.81. The van der Waals surface area contributed by atoms with E-state index in [0.29, 0.717) is 23.7 Å². The van der Waals surface area contributed by atoms with E-state index in [9.17, 15) is 4.79 Å². The van der Waals surface area contributed by atoms with Gasteiger partial charge in [-0.15, -0.1) is 11.6 Å². The number of nitrogens with one attached hydrogen (secondary N) is 1. The van der Waals surface area contributed by atoms with Gasteiger partial charge >= 0.3 is 0 Å². The summed E-state index contributed by atoms with van der Waals surface area (Å²) in [4.78, 5) is 12.1. The lowest BCUT2D eigenvalue weighted by Gasteiger charge is -2.25. The lowest BCUT2D eigenvalue weighted by molar-refractivity contribution is -0.126. The van der Waals surface area contributed by atoms with Crippen LogP contribution in [0, 0.1) is 11.8 Å².